The average Bonchev–Trinajstić information content (AvgIpc) is 2.53. The van der Waals surface area contributed by atoms with Crippen LogP contribution < -0.4 is 5.32 Å². The second-order valence-corrected chi connectivity index (χ2v) is 5.48. The first kappa shape index (κ1) is 17.1. The molecule has 0 saturated heterocycles. The zero-order chi connectivity index (χ0) is 16.9. The third kappa shape index (κ3) is 5.13. The Morgan fingerprint density at radius 2 is 1.78 bits per heavy atom. The first-order valence-corrected chi connectivity index (χ1v) is 7.38. The van der Waals surface area contributed by atoms with Crippen molar-refractivity contribution < 1.29 is 18.0 Å². The van der Waals surface area contributed by atoms with Gasteiger partial charge in [-0.2, -0.15) is 13.2 Å². The van der Waals surface area contributed by atoms with Crippen molar-refractivity contribution in [1.82, 2.24) is 5.32 Å². The normalized spacial score (nSPS) is 12.7. The average molecular weight is 321 g/mol. The van der Waals surface area contributed by atoms with Crippen molar-refractivity contribution in [2.75, 3.05) is 0 Å². The van der Waals surface area contributed by atoms with E-state index in [0.717, 1.165) is 24.1 Å². The van der Waals surface area contributed by atoms with Crippen LogP contribution in [0.5, 0.6) is 0 Å². The number of carbonyl (C=O) groups is 1. The summed E-state index contributed by atoms with van der Waals surface area (Å²) in [6.45, 7) is 1.84. The van der Waals surface area contributed by atoms with Crippen molar-refractivity contribution >= 4 is 5.91 Å². The molecule has 1 amide bonds. The molecule has 1 N–H and O–H groups in total. The molecule has 0 fully saturated rings. The third-order valence-corrected chi connectivity index (χ3v) is 3.54. The number of nitrogens with one attached hydrogen (secondary N) is 1. The van der Waals surface area contributed by atoms with Gasteiger partial charge < -0.3 is 5.32 Å². The number of hydrogen-bond donors (Lipinski definition) is 1. The second-order valence-electron chi connectivity index (χ2n) is 5.48. The Kier molecular flexibility index (Phi) is 5.42. The molecular weight excluding hydrogens is 303 g/mol. The topological polar surface area (TPSA) is 29.1 Å². The molecular formula is C18H18F3NO. The van der Waals surface area contributed by atoms with E-state index >= 15 is 0 Å². The summed E-state index contributed by atoms with van der Waals surface area (Å²) in [4.78, 5) is 12.1. The number of alkyl halides is 3. The molecule has 2 nitrogen and oxygen atoms in total. The van der Waals surface area contributed by atoms with Gasteiger partial charge in [-0.3, -0.25) is 4.79 Å². The van der Waals surface area contributed by atoms with Gasteiger partial charge in [0.1, 0.15) is 0 Å². The van der Waals surface area contributed by atoms with E-state index in [-0.39, 0.29) is 11.6 Å². The summed E-state index contributed by atoms with van der Waals surface area (Å²) in [5, 5.41) is 2.74. The molecule has 0 radical (unpaired) electrons. The van der Waals surface area contributed by atoms with Gasteiger partial charge in [-0.15, -0.1) is 0 Å². The van der Waals surface area contributed by atoms with Crippen molar-refractivity contribution in [3.8, 4) is 0 Å². The maximum atomic E-state index is 12.7. The number of rotatable bonds is 5. The fourth-order valence-corrected chi connectivity index (χ4v) is 2.24. The summed E-state index contributed by atoms with van der Waals surface area (Å²) in [6, 6.07) is 14.2. The third-order valence-electron chi connectivity index (χ3n) is 3.54. The number of hydrogen-bond acceptors (Lipinski definition) is 1. The van der Waals surface area contributed by atoms with Crippen molar-refractivity contribution in [2.24, 2.45) is 0 Å². The summed E-state index contributed by atoms with van der Waals surface area (Å²) in [5.41, 5.74) is 0.362. The summed E-state index contributed by atoms with van der Waals surface area (Å²) in [5.74, 6) is -0.489. The van der Waals surface area contributed by atoms with E-state index in [1.165, 1.54) is 12.1 Å². The van der Waals surface area contributed by atoms with Crippen LogP contribution in [0, 0.1) is 0 Å². The van der Waals surface area contributed by atoms with Crippen molar-refractivity contribution in [1.29, 1.82) is 0 Å². The molecule has 122 valence electrons. The van der Waals surface area contributed by atoms with Crippen LogP contribution in [0.25, 0.3) is 0 Å². The molecule has 5 heteroatoms. The number of aryl methyl sites for hydroxylation is 1. The standard InChI is InChI=1S/C18H18F3NO/c1-13(10-11-14-6-3-2-4-7-14)22-17(23)15-8-5-9-16(12-15)18(19,20)21/h2-9,12-13H,10-11H2,1H3,(H,22,23)/t13-/m1/s1. The lowest BCUT2D eigenvalue weighted by Crippen LogP contribution is -2.33. The van der Waals surface area contributed by atoms with E-state index < -0.39 is 17.6 Å². The second kappa shape index (κ2) is 7.31. The maximum absolute atomic E-state index is 12.7. The van der Waals surface area contributed by atoms with Crippen LogP contribution in [-0.4, -0.2) is 11.9 Å². The molecule has 23 heavy (non-hydrogen) atoms. The predicted octanol–water partition coefficient (Wildman–Crippen LogP) is 4.46. The fourth-order valence-electron chi connectivity index (χ4n) is 2.24. The Bertz CT molecular complexity index is 653. The lowest BCUT2D eigenvalue weighted by molar-refractivity contribution is -0.137. The monoisotopic (exact) mass is 321 g/mol. The molecule has 1 atom stereocenters. The minimum Gasteiger partial charge on any atom is -0.350 e. The Morgan fingerprint density at radius 3 is 2.43 bits per heavy atom. The smallest absolute Gasteiger partial charge is 0.350 e. The Balaban J connectivity index is 1.93. The molecule has 0 aliphatic carbocycles. The molecule has 0 spiro atoms. The number of carbonyl (C=O) groups excluding carboxylic acids is 1. The van der Waals surface area contributed by atoms with Gasteiger partial charge in [-0.1, -0.05) is 36.4 Å². The van der Waals surface area contributed by atoms with Crippen molar-refractivity contribution in [3.63, 3.8) is 0 Å². The van der Waals surface area contributed by atoms with Gasteiger partial charge in [-0.05, 0) is 43.5 Å². The van der Waals surface area contributed by atoms with E-state index in [1.54, 1.807) is 0 Å². The molecule has 0 bridgehead atoms. The van der Waals surface area contributed by atoms with Crippen LogP contribution in [0.15, 0.2) is 54.6 Å². The highest BCUT2D eigenvalue weighted by Gasteiger charge is 2.30. The van der Waals surface area contributed by atoms with Crippen LogP contribution in [-0.2, 0) is 12.6 Å². The van der Waals surface area contributed by atoms with Gasteiger partial charge >= 0.3 is 6.18 Å². The van der Waals surface area contributed by atoms with Gasteiger partial charge in [0, 0.05) is 11.6 Å². The van der Waals surface area contributed by atoms with Crippen LogP contribution >= 0.6 is 0 Å². The van der Waals surface area contributed by atoms with E-state index in [4.69, 9.17) is 0 Å². The minimum absolute atomic E-state index is 0.0198. The molecule has 0 heterocycles. The van der Waals surface area contributed by atoms with Crippen LogP contribution in [0.2, 0.25) is 0 Å². The lowest BCUT2D eigenvalue weighted by Gasteiger charge is -2.15. The maximum Gasteiger partial charge on any atom is 0.416 e. The largest absolute Gasteiger partial charge is 0.416 e. The number of amides is 1. The number of halogens is 3. The fraction of sp³-hybridized carbons (Fsp3) is 0.278. The molecule has 0 saturated carbocycles. The summed E-state index contributed by atoms with van der Waals surface area (Å²) in [6.07, 6.45) is -2.94. The molecule has 2 rings (SSSR count). The Hall–Kier alpha value is -2.30. The van der Waals surface area contributed by atoms with Gasteiger partial charge in [0.2, 0.25) is 0 Å². The quantitative estimate of drug-likeness (QED) is 0.866. The Labute approximate surface area is 133 Å². The summed E-state index contributed by atoms with van der Waals surface area (Å²) in [7, 11) is 0. The molecule has 0 aromatic heterocycles. The molecule has 0 aliphatic heterocycles. The minimum atomic E-state index is -4.45. The van der Waals surface area contributed by atoms with E-state index in [2.05, 4.69) is 5.32 Å². The Morgan fingerprint density at radius 1 is 1.09 bits per heavy atom. The zero-order valence-corrected chi connectivity index (χ0v) is 12.7. The van der Waals surface area contributed by atoms with Gasteiger partial charge in [0.15, 0.2) is 0 Å². The molecule has 0 aliphatic rings. The number of benzene rings is 2. The van der Waals surface area contributed by atoms with Crippen LogP contribution in [0.3, 0.4) is 0 Å². The first-order valence-electron chi connectivity index (χ1n) is 7.38. The zero-order valence-electron chi connectivity index (χ0n) is 12.7. The van der Waals surface area contributed by atoms with Crippen molar-refractivity contribution in [2.45, 2.75) is 32.0 Å². The highest BCUT2D eigenvalue weighted by atomic mass is 19.4. The molecule has 0 unspecified atom stereocenters. The summed E-state index contributed by atoms with van der Waals surface area (Å²) >= 11 is 0. The van der Waals surface area contributed by atoms with Crippen molar-refractivity contribution in [3.05, 3.63) is 71.3 Å². The van der Waals surface area contributed by atoms with Gasteiger partial charge in [0.05, 0.1) is 5.56 Å². The van der Waals surface area contributed by atoms with E-state index in [0.29, 0.717) is 6.42 Å². The van der Waals surface area contributed by atoms with E-state index in [9.17, 15) is 18.0 Å². The van der Waals surface area contributed by atoms with Crippen LogP contribution in [0.4, 0.5) is 13.2 Å². The lowest BCUT2D eigenvalue weighted by atomic mass is 10.1. The summed E-state index contributed by atoms with van der Waals surface area (Å²) < 4.78 is 38.0. The van der Waals surface area contributed by atoms with Crippen LogP contribution in [0.1, 0.15) is 34.8 Å². The highest BCUT2D eigenvalue weighted by Crippen LogP contribution is 2.29. The van der Waals surface area contributed by atoms with Gasteiger partial charge in [0.25, 0.3) is 5.91 Å². The van der Waals surface area contributed by atoms with E-state index in [1.807, 2.05) is 37.3 Å². The highest BCUT2D eigenvalue weighted by molar-refractivity contribution is 5.94. The molecule has 2 aromatic rings. The van der Waals surface area contributed by atoms with Gasteiger partial charge in [-0.25, -0.2) is 0 Å². The first-order chi connectivity index (χ1) is 10.9. The molecule has 2 aromatic carbocycles. The predicted molar refractivity (Wildman–Crippen MR) is 83.1 cm³/mol. The SMILES string of the molecule is C[C@H](CCc1ccccc1)NC(=O)c1cccc(C(F)(F)F)c1.